The van der Waals surface area contributed by atoms with Crippen molar-refractivity contribution in [2.24, 2.45) is 0 Å². The standard InChI is InChI=1S/C26H25Cl2N3O3/c27-19-6-10-21(11-7-19)33-17-3-16-31-24-5-2-1-4-23(24)30-25(31)14-15-29-26(32)18-34-22-12-8-20(28)9-13-22/h1-2,4-13H,3,14-18H2,(H,29,32). The maximum absolute atomic E-state index is 12.2. The third-order valence-corrected chi connectivity index (χ3v) is 5.70. The molecule has 176 valence electrons. The molecular formula is C26H25Cl2N3O3. The minimum atomic E-state index is -0.186. The molecule has 0 fully saturated rings. The highest BCUT2D eigenvalue weighted by Crippen LogP contribution is 2.19. The van der Waals surface area contributed by atoms with Gasteiger partial charge in [0.15, 0.2) is 6.61 Å². The van der Waals surface area contributed by atoms with Crippen molar-refractivity contribution in [1.82, 2.24) is 14.9 Å². The molecule has 0 saturated heterocycles. The number of aryl methyl sites for hydroxylation is 1. The van der Waals surface area contributed by atoms with Crippen molar-refractivity contribution in [3.05, 3.63) is 88.7 Å². The highest BCUT2D eigenvalue weighted by molar-refractivity contribution is 6.30. The van der Waals surface area contributed by atoms with Crippen molar-refractivity contribution >= 4 is 40.1 Å². The Morgan fingerprint density at radius 3 is 2.24 bits per heavy atom. The molecule has 0 radical (unpaired) electrons. The van der Waals surface area contributed by atoms with Gasteiger partial charge in [-0.2, -0.15) is 0 Å². The second-order valence-corrected chi connectivity index (χ2v) is 8.54. The number of rotatable bonds is 11. The topological polar surface area (TPSA) is 65.4 Å². The summed E-state index contributed by atoms with van der Waals surface area (Å²) in [5.41, 5.74) is 2.01. The fourth-order valence-corrected chi connectivity index (χ4v) is 3.81. The van der Waals surface area contributed by atoms with Crippen LogP contribution in [-0.2, 0) is 17.8 Å². The predicted octanol–water partition coefficient (Wildman–Crippen LogP) is 5.55. The van der Waals surface area contributed by atoms with Gasteiger partial charge < -0.3 is 19.4 Å². The lowest BCUT2D eigenvalue weighted by Gasteiger charge is -2.11. The number of aromatic nitrogens is 2. The van der Waals surface area contributed by atoms with E-state index in [1.165, 1.54) is 0 Å². The highest BCUT2D eigenvalue weighted by Gasteiger charge is 2.11. The highest BCUT2D eigenvalue weighted by atomic mass is 35.5. The summed E-state index contributed by atoms with van der Waals surface area (Å²) in [5.74, 6) is 2.13. The first-order valence-electron chi connectivity index (χ1n) is 11.1. The van der Waals surface area contributed by atoms with Crippen molar-refractivity contribution in [2.75, 3.05) is 19.8 Å². The Labute approximate surface area is 208 Å². The van der Waals surface area contributed by atoms with E-state index in [0.717, 1.165) is 35.6 Å². The van der Waals surface area contributed by atoms with E-state index >= 15 is 0 Å². The van der Waals surface area contributed by atoms with Crippen LogP contribution in [0.5, 0.6) is 11.5 Å². The minimum Gasteiger partial charge on any atom is -0.494 e. The van der Waals surface area contributed by atoms with E-state index in [9.17, 15) is 4.79 Å². The average molecular weight is 498 g/mol. The molecule has 1 N–H and O–H groups in total. The van der Waals surface area contributed by atoms with Crippen LogP contribution in [0.2, 0.25) is 10.0 Å². The number of hydrogen-bond donors (Lipinski definition) is 1. The first-order chi connectivity index (χ1) is 16.6. The first-order valence-corrected chi connectivity index (χ1v) is 11.8. The molecule has 6 nitrogen and oxygen atoms in total. The Morgan fingerprint density at radius 2 is 1.53 bits per heavy atom. The molecule has 0 bridgehead atoms. The van der Waals surface area contributed by atoms with E-state index in [1.54, 1.807) is 24.3 Å². The lowest BCUT2D eigenvalue weighted by Crippen LogP contribution is -2.31. The van der Waals surface area contributed by atoms with Crippen LogP contribution in [0.1, 0.15) is 12.2 Å². The average Bonchev–Trinajstić information content (AvgIpc) is 3.20. The summed E-state index contributed by atoms with van der Waals surface area (Å²) in [6, 6.07) is 22.3. The zero-order valence-corrected chi connectivity index (χ0v) is 20.1. The number of fused-ring (bicyclic) bond motifs is 1. The molecule has 0 spiro atoms. The van der Waals surface area contributed by atoms with E-state index in [4.69, 9.17) is 37.7 Å². The number of amides is 1. The number of carbonyl (C=O) groups excluding carboxylic acids is 1. The van der Waals surface area contributed by atoms with Gasteiger partial charge in [0.2, 0.25) is 0 Å². The van der Waals surface area contributed by atoms with Gasteiger partial charge in [0.05, 0.1) is 17.6 Å². The Bertz CT molecular complexity index is 1220. The summed E-state index contributed by atoms with van der Waals surface area (Å²) >= 11 is 11.8. The zero-order chi connectivity index (χ0) is 23.8. The van der Waals surface area contributed by atoms with Gasteiger partial charge in [0.1, 0.15) is 17.3 Å². The van der Waals surface area contributed by atoms with E-state index in [1.807, 2.05) is 42.5 Å². The van der Waals surface area contributed by atoms with E-state index in [0.29, 0.717) is 35.4 Å². The minimum absolute atomic E-state index is 0.0555. The van der Waals surface area contributed by atoms with Gasteiger partial charge in [-0.3, -0.25) is 4.79 Å². The van der Waals surface area contributed by atoms with Gasteiger partial charge >= 0.3 is 0 Å². The molecule has 0 aliphatic carbocycles. The fourth-order valence-electron chi connectivity index (χ4n) is 3.55. The van der Waals surface area contributed by atoms with Crippen molar-refractivity contribution in [3.8, 4) is 11.5 Å². The van der Waals surface area contributed by atoms with Gasteiger partial charge in [-0.15, -0.1) is 0 Å². The van der Waals surface area contributed by atoms with Crippen LogP contribution < -0.4 is 14.8 Å². The maximum Gasteiger partial charge on any atom is 0.257 e. The summed E-state index contributed by atoms with van der Waals surface area (Å²) in [7, 11) is 0. The van der Waals surface area contributed by atoms with Crippen molar-refractivity contribution in [3.63, 3.8) is 0 Å². The lowest BCUT2D eigenvalue weighted by molar-refractivity contribution is -0.123. The van der Waals surface area contributed by atoms with Gasteiger partial charge in [-0.25, -0.2) is 4.98 Å². The van der Waals surface area contributed by atoms with Gasteiger partial charge in [-0.05, 0) is 67.1 Å². The number of benzene rings is 3. The SMILES string of the molecule is O=C(COc1ccc(Cl)cc1)NCCc1nc2ccccc2n1CCCOc1ccc(Cl)cc1. The third-order valence-electron chi connectivity index (χ3n) is 5.20. The molecule has 0 atom stereocenters. The number of halogens is 2. The first kappa shape index (κ1) is 23.9. The van der Waals surface area contributed by atoms with Crippen LogP contribution in [0.4, 0.5) is 0 Å². The Balaban J connectivity index is 1.29. The number of imidazole rings is 1. The van der Waals surface area contributed by atoms with Crippen LogP contribution >= 0.6 is 23.2 Å². The summed E-state index contributed by atoms with van der Waals surface area (Å²) in [4.78, 5) is 17.0. The van der Waals surface area contributed by atoms with Gasteiger partial charge in [-0.1, -0.05) is 35.3 Å². The smallest absolute Gasteiger partial charge is 0.257 e. The fraction of sp³-hybridized carbons (Fsp3) is 0.231. The number of nitrogens with zero attached hydrogens (tertiary/aromatic N) is 2. The maximum atomic E-state index is 12.2. The van der Waals surface area contributed by atoms with Crippen LogP contribution in [-0.4, -0.2) is 35.2 Å². The summed E-state index contributed by atoms with van der Waals surface area (Å²) in [5, 5.41) is 4.21. The summed E-state index contributed by atoms with van der Waals surface area (Å²) < 4.78 is 13.5. The lowest BCUT2D eigenvalue weighted by atomic mass is 10.3. The zero-order valence-electron chi connectivity index (χ0n) is 18.5. The van der Waals surface area contributed by atoms with Crippen LogP contribution in [0.3, 0.4) is 0 Å². The molecular weight excluding hydrogens is 473 g/mol. The van der Waals surface area contributed by atoms with Crippen LogP contribution in [0, 0.1) is 0 Å². The molecule has 1 heterocycles. The molecule has 4 aromatic rings. The Morgan fingerprint density at radius 1 is 0.882 bits per heavy atom. The quantitative estimate of drug-likeness (QED) is 0.276. The number of ether oxygens (including phenoxy) is 2. The van der Waals surface area contributed by atoms with Crippen molar-refractivity contribution < 1.29 is 14.3 Å². The molecule has 8 heteroatoms. The second-order valence-electron chi connectivity index (χ2n) is 7.67. The van der Waals surface area contributed by atoms with Gasteiger partial charge in [0.25, 0.3) is 5.91 Å². The molecule has 1 aromatic heterocycles. The van der Waals surface area contributed by atoms with E-state index < -0.39 is 0 Å². The molecule has 3 aromatic carbocycles. The molecule has 0 aliphatic rings. The van der Waals surface area contributed by atoms with E-state index in [2.05, 4.69) is 16.0 Å². The van der Waals surface area contributed by atoms with E-state index in [-0.39, 0.29) is 12.5 Å². The number of hydrogen-bond acceptors (Lipinski definition) is 4. The molecule has 4 rings (SSSR count). The predicted molar refractivity (Wildman–Crippen MR) is 135 cm³/mol. The largest absolute Gasteiger partial charge is 0.494 e. The molecule has 0 unspecified atom stereocenters. The molecule has 0 aliphatic heterocycles. The molecule has 34 heavy (non-hydrogen) atoms. The van der Waals surface area contributed by atoms with Gasteiger partial charge in [0, 0.05) is 29.6 Å². The Kier molecular flexibility index (Phi) is 8.28. The number of nitrogens with one attached hydrogen (secondary N) is 1. The third kappa shape index (κ3) is 6.65. The normalized spacial score (nSPS) is 10.9. The Hall–Kier alpha value is -3.22. The van der Waals surface area contributed by atoms with Crippen LogP contribution in [0.15, 0.2) is 72.8 Å². The summed E-state index contributed by atoms with van der Waals surface area (Å²) in [6.07, 6.45) is 1.43. The summed E-state index contributed by atoms with van der Waals surface area (Å²) in [6.45, 7) is 1.75. The van der Waals surface area contributed by atoms with Crippen LogP contribution in [0.25, 0.3) is 11.0 Å². The second kappa shape index (κ2) is 11.8. The van der Waals surface area contributed by atoms with Crippen molar-refractivity contribution in [2.45, 2.75) is 19.4 Å². The monoisotopic (exact) mass is 497 g/mol. The molecule has 1 amide bonds. The van der Waals surface area contributed by atoms with Crippen molar-refractivity contribution in [1.29, 1.82) is 0 Å². The number of para-hydroxylation sites is 2. The molecule has 0 saturated carbocycles. The number of carbonyl (C=O) groups is 1.